The van der Waals surface area contributed by atoms with E-state index in [1.807, 2.05) is 93.6 Å². The molecule has 0 bridgehead atoms. The Bertz CT molecular complexity index is 1330. The molecule has 3 aromatic carbocycles. The zero-order valence-corrected chi connectivity index (χ0v) is 23.1. The molecule has 3 aromatic rings. The number of fused-ring (bicyclic) bond motifs is 1. The maximum atomic E-state index is 13.6. The number of anilines is 1. The zero-order valence-electron chi connectivity index (χ0n) is 23.1. The SMILES string of the molecule is CCC(=O)N[C@@H]1CCc2ccccc2N(Cc2ccc(-c3ccccc3CNC(=O)OC(C)(C)C)cc2)C1=O. The van der Waals surface area contributed by atoms with Crippen molar-refractivity contribution in [2.24, 2.45) is 0 Å². The first-order valence-electron chi connectivity index (χ1n) is 13.5. The van der Waals surface area contributed by atoms with Crippen LogP contribution in [-0.2, 0) is 33.8 Å². The molecular weight excluding hydrogens is 490 g/mol. The second kappa shape index (κ2) is 12.2. The Balaban J connectivity index is 1.53. The summed E-state index contributed by atoms with van der Waals surface area (Å²) in [5, 5.41) is 5.75. The van der Waals surface area contributed by atoms with Crippen molar-refractivity contribution in [2.75, 3.05) is 4.90 Å². The highest BCUT2D eigenvalue weighted by Gasteiger charge is 2.31. The Morgan fingerprint density at radius 2 is 1.67 bits per heavy atom. The van der Waals surface area contributed by atoms with Gasteiger partial charge in [-0.3, -0.25) is 9.59 Å². The average molecular weight is 528 g/mol. The van der Waals surface area contributed by atoms with Gasteiger partial charge in [0.2, 0.25) is 11.8 Å². The van der Waals surface area contributed by atoms with Crippen LogP contribution in [0.1, 0.15) is 57.2 Å². The van der Waals surface area contributed by atoms with Gasteiger partial charge in [-0.2, -0.15) is 0 Å². The quantitative estimate of drug-likeness (QED) is 0.409. The molecule has 1 aliphatic rings. The molecule has 3 amide bonds. The van der Waals surface area contributed by atoms with E-state index in [-0.39, 0.29) is 11.8 Å². The molecular formula is C32H37N3O4. The lowest BCUT2D eigenvalue weighted by Gasteiger charge is -2.26. The van der Waals surface area contributed by atoms with Gasteiger partial charge in [0.1, 0.15) is 11.6 Å². The minimum atomic E-state index is -0.559. The van der Waals surface area contributed by atoms with Crippen molar-refractivity contribution in [1.82, 2.24) is 10.6 Å². The smallest absolute Gasteiger partial charge is 0.407 e. The molecule has 0 saturated carbocycles. The van der Waals surface area contributed by atoms with E-state index in [1.165, 1.54) is 0 Å². The summed E-state index contributed by atoms with van der Waals surface area (Å²) in [6.07, 6.45) is 1.18. The van der Waals surface area contributed by atoms with E-state index in [0.717, 1.165) is 39.9 Å². The van der Waals surface area contributed by atoms with Crippen LogP contribution < -0.4 is 15.5 Å². The topological polar surface area (TPSA) is 87.7 Å². The van der Waals surface area contributed by atoms with Gasteiger partial charge in [-0.1, -0.05) is 73.7 Å². The number of para-hydroxylation sites is 1. The van der Waals surface area contributed by atoms with Crippen LogP contribution in [0.15, 0.2) is 72.8 Å². The van der Waals surface area contributed by atoms with E-state index < -0.39 is 17.7 Å². The average Bonchev–Trinajstić information content (AvgIpc) is 3.04. The predicted octanol–water partition coefficient (Wildman–Crippen LogP) is 5.75. The van der Waals surface area contributed by atoms with Gasteiger partial charge in [-0.15, -0.1) is 0 Å². The monoisotopic (exact) mass is 527 g/mol. The van der Waals surface area contributed by atoms with E-state index in [4.69, 9.17) is 4.74 Å². The van der Waals surface area contributed by atoms with Crippen molar-refractivity contribution in [1.29, 1.82) is 0 Å². The highest BCUT2D eigenvalue weighted by Crippen LogP contribution is 2.30. The molecule has 0 unspecified atom stereocenters. The first-order chi connectivity index (χ1) is 18.6. The third-order valence-corrected chi connectivity index (χ3v) is 6.65. The maximum Gasteiger partial charge on any atom is 0.407 e. The molecule has 0 saturated heterocycles. The van der Waals surface area contributed by atoms with Crippen LogP contribution >= 0.6 is 0 Å². The molecule has 1 heterocycles. The van der Waals surface area contributed by atoms with Crippen molar-refractivity contribution in [3.63, 3.8) is 0 Å². The van der Waals surface area contributed by atoms with Crippen LogP contribution in [0.3, 0.4) is 0 Å². The minimum Gasteiger partial charge on any atom is -0.444 e. The number of aryl methyl sites for hydroxylation is 1. The number of rotatable bonds is 7. The van der Waals surface area contributed by atoms with E-state index >= 15 is 0 Å². The van der Waals surface area contributed by atoms with Crippen molar-refractivity contribution < 1.29 is 19.1 Å². The first kappa shape index (κ1) is 27.9. The Hall–Kier alpha value is -4.13. The second-order valence-corrected chi connectivity index (χ2v) is 10.8. The Kier molecular flexibility index (Phi) is 8.69. The standard InChI is InChI=1S/C32H37N3O4/c1-5-29(36)34-27-19-18-24-10-7-9-13-28(24)35(30(27)37)21-22-14-16-23(17-15-22)26-12-8-6-11-25(26)20-33-31(38)39-32(2,3)4/h6-17,27H,5,18-21H2,1-4H3,(H,33,38)(H,34,36)/t27-/m1/s1. The van der Waals surface area contributed by atoms with Crippen LogP contribution in [0.4, 0.5) is 10.5 Å². The Morgan fingerprint density at radius 1 is 0.974 bits per heavy atom. The maximum absolute atomic E-state index is 13.6. The van der Waals surface area contributed by atoms with Crippen LogP contribution in [0.25, 0.3) is 11.1 Å². The first-order valence-corrected chi connectivity index (χ1v) is 13.5. The lowest BCUT2D eigenvalue weighted by molar-refractivity contribution is -0.127. The molecule has 0 aliphatic carbocycles. The molecule has 0 radical (unpaired) electrons. The number of hydrogen-bond acceptors (Lipinski definition) is 4. The molecule has 0 fully saturated rings. The highest BCUT2D eigenvalue weighted by atomic mass is 16.6. The van der Waals surface area contributed by atoms with Gasteiger partial charge in [-0.05, 0) is 67.5 Å². The van der Waals surface area contributed by atoms with E-state index in [1.54, 1.807) is 11.8 Å². The van der Waals surface area contributed by atoms with E-state index in [2.05, 4.69) is 10.6 Å². The van der Waals surface area contributed by atoms with Crippen molar-refractivity contribution in [3.8, 4) is 11.1 Å². The fraction of sp³-hybridized carbons (Fsp3) is 0.344. The lowest BCUT2D eigenvalue weighted by atomic mass is 9.98. The normalized spacial score (nSPS) is 15.2. The van der Waals surface area contributed by atoms with Crippen LogP contribution in [0.2, 0.25) is 0 Å². The van der Waals surface area contributed by atoms with Gasteiger partial charge >= 0.3 is 6.09 Å². The molecule has 7 heteroatoms. The number of nitrogens with zero attached hydrogens (tertiary/aromatic N) is 1. The fourth-order valence-electron chi connectivity index (χ4n) is 4.72. The summed E-state index contributed by atoms with van der Waals surface area (Å²) in [4.78, 5) is 39.6. The van der Waals surface area contributed by atoms with Crippen molar-refractivity contribution in [3.05, 3.63) is 89.5 Å². The number of hydrogen-bond donors (Lipinski definition) is 2. The van der Waals surface area contributed by atoms with Gasteiger partial charge in [-0.25, -0.2) is 4.79 Å². The van der Waals surface area contributed by atoms with Crippen LogP contribution in [0, 0.1) is 0 Å². The van der Waals surface area contributed by atoms with E-state index in [9.17, 15) is 14.4 Å². The molecule has 0 aromatic heterocycles. The summed E-state index contributed by atoms with van der Waals surface area (Å²) in [7, 11) is 0. The summed E-state index contributed by atoms with van der Waals surface area (Å²) in [5.74, 6) is -0.215. The molecule has 7 nitrogen and oxygen atoms in total. The number of ether oxygens (including phenoxy) is 1. The van der Waals surface area contributed by atoms with Gasteiger partial charge in [0.15, 0.2) is 0 Å². The molecule has 1 aliphatic heterocycles. The molecule has 204 valence electrons. The predicted molar refractivity (Wildman–Crippen MR) is 153 cm³/mol. The molecule has 39 heavy (non-hydrogen) atoms. The van der Waals surface area contributed by atoms with Gasteiger partial charge in [0.05, 0.1) is 6.54 Å². The molecule has 0 spiro atoms. The zero-order chi connectivity index (χ0) is 28.0. The third kappa shape index (κ3) is 7.25. The number of benzene rings is 3. The largest absolute Gasteiger partial charge is 0.444 e. The number of nitrogens with one attached hydrogen (secondary N) is 2. The number of carbonyl (C=O) groups is 3. The van der Waals surface area contributed by atoms with Crippen LogP contribution in [0.5, 0.6) is 0 Å². The summed E-state index contributed by atoms with van der Waals surface area (Å²) in [5.41, 5.74) is 5.40. The van der Waals surface area contributed by atoms with Gasteiger partial charge < -0.3 is 20.3 Å². The van der Waals surface area contributed by atoms with E-state index in [0.29, 0.717) is 25.9 Å². The van der Waals surface area contributed by atoms with Gasteiger partial charge in [0, 0.05) is 18.7 Å². The van der Waals surface area contributed by atoms with Crippen molar-refractivity contribution in [2.45, 2.75) is 71.7 Å². The fourth-order valence-corrected chi connectivity index (χ4v) is 4.72. The van der Waals surface area contributed by atoms with Crippen molar-refractivity contribution >= 4 is 23.6 Å². The Morgan fingerprint density at radius 3 is 2.38 bits per heavy atom. The molecule has 2 N–H and O–H groups in total. The third-order valence-electron chi connectivity index (χ3n) is 6.65. The number of alkyl carbamates (subject to hydrolysis) is 1. The minimum absolute atomic E-state index is 0.0932. The second-order valence-electron chi connectivity index (χ2n) is 10.8. The summed E-state index contributed by atoms with van der Waals surface area (Å²) in [6.45, 7) is 8.04. The lowest BCUT2D eigenvalue weighted by Crippen LogP contribution is -2.47. The Labute approximate surface area is 230 Å². The summed E-state index contributed by atoms with van der Waals surface area (Å²) >= 11 is 0. The van der Waals surface area contributed by atoms with Gasteiger partial charge in [0.25, 0.3) is 0 Å². The number of amides is 3. The summed E-state index contributed by atoms with van der Waals surface area (Å²) < 4.78 is 5.37. The molecule has 1 atom stereocenters. The highest BCUT2D eigenvalue weighted by molar-refractivity contribution is 6.00. The molecule has 4 rings (SSSR count). The number of carbonyl (C=O) groups excluding carboxylic acids is 3. The van der Waals surface area contributed by atoms with Crippen LogP contribution in [-0.4, -0.2) is 29.6 Å². The summed E-state index contributed by atoms with van der Waals surface area (Å²) in [6, 6.07) is 23.4.